The van der Waals surface area contributed by atoms with Crippen molar-refractivity contribution in [2.75, 3.05) is 13.2 Å². The summed E-state index contributed by atoms with van der Waals surface area (Å²) in [6, 6.07) is 17.4. The molecule has 2 saturated heterocycles. The van der Waals surface area contributed by atoms with E-state index in [4.69, 9.17) is 108 Å². The molecule has 0 saturated carbocycles. The lowest BCUT2D eigenvalue weighted by molar-refractivity contribution is -0.336. The van der Waals surface area contributed by atoms with Crippen molar-refractivity contribution in [2.45, 2.75) is 135 Å². The third-order valence-corrected chi connectivity index (χ3v) is 10.0. The Kier molecular flexibility index (Phi) is 19.9. The predicted molar refractivity (Wildman–Crippen MR) is 218 cm³/mol. The van der Waals surface area contributed by atoms with Crippen molar-refractivity contribution in [1.29, 1.82) is 5.41 Å². The van der Waals surface area contributed by atoms with Gasteiger partial charge in [-0.3, -0.25) is 10.2 Å². The molecule has 11 nitrogen and oxygen atoms in total. The Morgan fingerprint density at radius 1 is 0.857 bits per heavy atom. The molecule has 2 fully saturated rings. The molecular weight excluding hydrogens is 853 g/mol. The topological polar surface area (TPSA) is 135 Å². The molecule has 2 N–H and O–H groups in total. The molecule has 56 heavy (non-hydrogen) atoms. The van der Waals surface area contributed by atoms with Crippen LogP contribution in [0.2, 0.25) is 0 Å². The molecule has 2 heterocycles. The lowest BCUT2D eigenvalue weighted by atomic mass is 9.95. The van der Waals surface area contributed by atoms with Crippen LogP contribution in [0, 0.1) is 5.41 Å². The standard InChI is InChI=1S/C39H50Cl6N2O9/c1-2-3-4-5-6-7-8-9-16-21-28(50-23-26-17-12-10-13-18-26)22-30(48)54-33-31(47-37(49)52-25-38(40,41)42)35(56-36(46)39(43,44)45)53-29-24-51-34(55-32(29)33)27-19-14-11-15-20-27/h10-15,17-20,28-29,31-35,46H,2-9,16,21-25H2,1H3,(H,47,49)/t28-,29-,31-,32-,33-,34?,35?/m1/s1. The summed E-state index contributed by atoms with van der Waals surface area (Å²) in [6.45, 7) is 1.83. The van der Waals surface area contributed by atoms with Crippen molar-refractivity contribution in [2.24, 2.45) is 0 Å². The molecule has 312 valence electrons. The number of alkyl halides is 6. The summed E-state index contributed by atoms with van der Waals surface area (Å²) in [7, 11) is 0. The van der Waals surface area contributed by atoms with E-state index < -0.39 is 75.2 Å². The number of unbranched alkanes of at least 4 members (excludes halogenated alkanes) is 8. The first-order valence-electron chi connectivity index (χ1n) is 18.9. The number of hydrogen-bond donors (Lipinski definition) is 2. The largest absolute Gasteiger partial charge is 0.457 e. The Bertz CT molecular complexity index is 1480. The van der Waals surface area contributed by atoms with Crippen LogP contribution in [0.25, 0.3) is 0 Å². The molecule has 0 radical (unpaired) electrons. The van der Waals surface area contributed by atoms with Crippen LogP contribution in [0.1, 0.15) is 95.0 Å². The average molecular weight is 904 g/mol. The minimum absolute atomic E-state index is 0.0505. The Morgan fingerprint density at radius 2 is 1.48 bits per heavy atom. The highest BCUT2D eigenvalue weighted by Crippen LogP contribution is 2.38. The number of benzene rings is 2. The Morgan fingerprint density at radius 3 is 2.11 bits per heavy atom. The van der Waals surface area contributed by atoms with Crippen molar-refractivity contribution >= 4 is 87.6 Å². The fourth-order valence-electron chi connectivity index (χ4n) is 6.35. The van der Waals surface area contributed by atoms with Gasteiger partial charge in [0, 0.05) is 5.56 Å². The SMILES string of the molecule is CCCCCCCCCCC[C@H](CC(=O)O[C@H]1[C@@H]2OC(c3ccccc3)OC[C@H]2OC(OC(=N)C(Cl)(Cl)Cl)[C@@H]1NC(=O)OCC(Cl)(Cl)Cl)OCc1ccccc1. The second-order valence-electron chi connectivity index (χ2n) is 13.7. The highest BCUT2D eigenvalue weighted by Gasteiger charge is 2.54. The predicted octanol–water partition coefficient (Wildman–Crippen LogP) is 10.5. The maximum absolute atomic E-state index is 14.0. The fraction of sp³-hybridized carbons (Fsp3) is 0.615. The number of esters is 1. The van der Waals surface area contributed by atoms with Crippen molar-refractivity contribution in [3.05, 3.63) is 71.8 Å². The first kappa shape index (κ1) is 46.9. The Labute approximate surface area is 359 Å². The molecule has 7 atom stereocenters. The monoisotopic (exact) mass is 900 g/mol. The molecule has 0 spiro atoms. The number of alkyl carbamates (subject to hydrolysis) is 1. The van der Waals surface area contributed by atoms with Crippen LogP contribution in [0.3, 0.4) is 0 Å². The van der Waals surface area contributed by atoms with E-state index in [1.54, 1.807) is 0 Å². The highest BCUT2D eigenvalue weighted by atomic mass is 35.6. The third-order valence-electron chi connectivity index (χ3n) is 9.17. The number of carbonyl (C=O) groups excluding carboxylic acids is 2. The van der Waals surface area contributed by atoms with Crippen LogP contribution in [0.5, 0.6) is 0 Å². The van der Waals surface area contributed by atoms with Gasteiger partial charge in [-0.15, -0.1) is 0 Å². The van der Waals surface area contributed by atoms with E-state index in [2.05, 4.69) is 12.2 Å². The molecule has 0 aromatic heterocycles. The molecule has 2 aliphatic heterocycles. The van der Waals surface area contributed by atoms with Crippen LogP contribution < -0.4 is 5.32 Å². The van der Waals surface area contributed by atoms with Crippen molar-refractivity contribution in [3.63, 3.8) is 0 Å². The zero-order valence-electron chi connectivity index (χ0n) is 31.2. The smallest absolute Gasteiger partial charge is 0.407 e. The van der Waals surface area contributed by atoms with E-state index in [0.29, 0.717) is 18.6 Å². The van der Waals surface area contributed by atoms with E-state index in [1.165, 1.54) is 38.5 Å². The summed E-state index contributed by atoms with van der Waals surface area (Å²) in [5.41, 5.74) is 1.65. The summed E-state index contributed by atoms with van der Waals surface area (Å²) < 4.78 is 37.6. The number of carbonyl (C=O) groups is 2. The lowest BCUT2D eigenvalue weighted by Gasteiger charge is -2.48. The van der Waals surface area contributed by atoms with Gasteiger partial charge in [0.25, 0.3) is 3.79 Å². The van der Waals surface area contributed by atoms with Crippen molar-refractivity contribution < 1.29 is 42.7 Å². The second kappa shape index (κ2) is 23.7. The first-order valence-corrected chi connectivity index (χ1v) is 21.1. The van der Waals surface area contributed by atoms with Gasteiger partial charge >= 0.3 is 12.1 Å². The van der Waals surface area contributed by atoms with E-state index in [0.717, 1.165) is 24.8 Å². The van der Waals surface area contributed by atoms with Gasteiger partial charge in [-0.1, -0.05) is 195 Å². The van der Waals surface area contributed by atoms with E-state index >= 15 is 0 Å². The van der Waals surface area contributed by atoms with Crippen molar-refractivity contribution in [3.8, 4) is 0 Å². The quantitative estimate of drug-likeness (QED) is 0.0438. The van der Waals surface area contributed by atoms with Gasteiger partial charge in [0.1, 0.15) is 24.9 Å². The van der Waals surface area contributed by atoms with Gasteiger partial charge in [0.15, 0.2) is 12.4 Å². The second-order valence-corrected chi connectivity index (χ2v) is 18.5. The van der Waals surface area contributed by atoms with Crippen LogP contribution >= 0.6 is 69.6 Å². The van der Waals surface area contributed by atoms with Gasteiger partial charge in [-0.2, -0.15) is 0 Å². The molecule has 2 unspecified atom stereocenters. The maximum atomic E-state index is 14.0. The zero-order chi connectivity index (χ0) is 40.6. The van der Waals surface area contributed by atoms with Crippen molar-refractivity contribution in [1.82, 2.24) is 5.32 Å². The fourth-order valence-corrected chi connectivity index (χ4v) is 6.65. The van der Waals surface area contributed by atoms with E-state index in [1.807, 2.05) is 60.7 Å². The van der Waals surface area contributed by atoms with Crippen LogP contribution in [-0.2, 0) is 44.6 Å². The number of nitrogens with one attached hydrogen (secondary N) is 2. The van der Waals surface area contributed by atoms with Crippen LogP contribution in [0.4, 0.5) is 4.79 Å². The van der Waals surface area contributed by atoms with Gasteiger partial charge in [0.05, 0.1) is 25.7 Å². The minimum atomic E-state index is -2.30. The number of ether oxygens (including phenoxy) is 7. The molecule has 0 aliphatic carbocycles. The summed E-state index contributed by atoms with van der Waals surface area (Å²) >= 11 is 35.3. The van der Waals surface area contributed by atoms with E-state index in [-0.39, 0.29) is 13.0 Å². The van der Waals surface area contributed by atoms with Gasteiger partial charge in [-0.05, 0) is 12.0 Å². The number of hydrogen-bond acceptors (Lipinski definition) is 10. The molecule has 2 aromatic rings. The summed E-state index contributed by atoms with van der Waals surface area (Å²) in [5.74, 6) is -1.47. The molecule has 2 aliphatic rings. The van der Waals surface area contributed by atoms with E-state index in [9.17, 15) is 9.59 Å². The van der Waals surface area contributed by atoms with Crippen LogP contribution in [0.15, 0.2) is 60.7 Å². The Balaban J connectivity index is 1.55. The summed E-state index contributed by atoms with van der Waals surface area (Å²) in [5, 5.41) is 10.8. The maximum Gasteiger partial charge on any atom is 0.407 e. The Hall–Kier alpha value is -1.77. The first-order chi connectivity index (χ1) is 26.7. The zero-order valence-corrected chi connectivity index (χ0v) is 35.7. The lowest BCUT2D eigenvalue weighted by Crippen LogP contribution is -2.68. The van der Waals surface area contributed by atoms with Gasteiger partial charge in [0.2, 0.25) is 16.0 Å². The minimum Gasteiger partial charge on any atom is -0.457 e. The average Bonchev–Trinajstić information content (AvgIpc) is 3.16. The molecule has 0 bridgehead atoms. The van der Waals surface area contributed by atoms with Gasteiger partial charge in [-0.25, -0.2) is 4.79 Å². The molecule has 2 aromatic carbocycles. The summed E-state index contributed by atoms with van der Waals surface area (Å²) in [4.78, 5) is 27.2. The molecule has 1 amide bonds. The molecular formula is C39H50Cl6N2O9. The number of amides is 1. The molecule has 4 rings (SSSR count). The number of rotatable bonds is 20. The normalized spacial score (nSPS) is 23.1. The highest BCUT2D eigenvalue weighted by molar-refractivity contribution is 6.76. The number of halogens is 6. The summed E-state index contributed by atoms with van der Waals surface area (Å²) in [6.07, 6.45) is 3.56. The van der Waals surface area contributed by atoms with Crippen LogP contribution in [-0.4, -0.2) is 75.5 Å². The third kappa shape index (κ3) is 16.5. The van der Waals surface area contributed by atoms with Gasteiger partial charge < -0.3 is 38.5 Å². The molecule has 17 heteroatoms. The number of fused-ring (bicyclic) bond motifs is 1.